The second kappa shape index (κ2) is 7.17. The van der Waals surface area contributed by atoms with Crippen LogP contribution >= 0.6 is 11.6 Å². The summed E-state index contributed by atoms with van der Waals surface area (Å²) in [5, 5.41) is 3.48. The number of carbonyl (C=O) groups excluding carboxylic acids is 1. The smallest absolute Gasteiger partial charge is 0.340 e. The van der Waals surface area contributed by atoms with E-state index >= 15 is 0 Å². The average Bonchev–Trinajstić information content (AvgIpc) is 2.38. The molecule has 0 saturated carbocycles. The van der Waals surface area contributed by atoms with Gasteiger partial charge in [0.05, 0.1) is 7.11 Å². The molecule has 1 rings (SSSR count). The van der Waals surface area contributed by atoms with Crippen LogP contribution in [-0.4, -0.2) is 13.1 Å². The van der Waals surface area contributed by atoms with E-state index in [1.165, 1.54) is 13.2 Å². The van der Waals surface area contributed by atoms with E-state index in [1.807, 2.05) is 30.3 Å². The lowest BCUT2D eigenvalue weighted by molar-refractivity contribution is -0.136. The van der Waals surface area contributed by atoms with Crippen molar-refractivity contribution in [2.75, 3.05) is 7.11 Å². The third-order valence-corrected chi connectivity index (χ3v) is 2.14. The lowest BCUT2D eigenvalue weighted by Gasteiger charge is -1.98. The van der Waals surface area contributed by atoms with Crippen molar-refractivity contribution in [3.8, 4) is 0 Å². The molecule has 0 atom stereocenters. The Balaban J connectivity index is 3.02. The number of nitrogens with zero attached hydrogens (tertiary/aromatic N) is 3. The third kappa shape index (κ3) is 4.33. The normalized spacial score (nSPS) is 11.7. The summed E-state index contributed by atoms with van der Waals surface area (Å²) in [6.45, 7) is 0. The van der Waals surface area contributed by atoms with Crippen LogP contribution in [0.3, 0.4) is 0 Å². The number of rotatable bonds is 4. The highest BCUT2D eigenvalue weighted by Gasteiger charge is 2.07. The van der Waals surface area contributed by atoms with Crippen LogP contribution in [-0.2, 0) is 9.53 Å². The van der Waals surface area contributed by atoms with Crippen molar-refractivity contribution in [3.05, 3.63) is 63.1 Å². The van der Waals surface area contributed by atoms with Crippen molar-refractivity contribution >= 4 is 23.6 Å². The van der Waals surface area contributed by atoms with Gasteiger partial charge in [-0.05, 0) is 23.2 Å². The standard InChI is InChI=1S/C12H10ClN3O2/c1-18-12(17)11(15-16-14)8-10(13)7-9-5-3-2-4-6-9/h2-8H,1H3/b10-7-,11-8-. The second-order valence-corrected chi connectivity index (χ2v) is 3.59. The first-order valence-electron chi connectivity index (χ1n) is 4.94. The minimum absolute atomic E-state index is 0.197. The van der Waals surface area contributed by atoms with Gasteiger partial charge in [-0.3, -0.25) is 0 Å². The van der Waals surface area contributed by atoms with Gasteiger partial charge in [0.2, 0.25) is 0 Å². The molecule has 0 unspecified atom stereocenters. The molecular formula is C12H10ClN3O2. The van der Waals surface area contributed by atoms with Crippen LogP contribution in [0, 0.1) is 0 Å². The van der Waals surface area contributed by atoms with Gasteiger partial charge in [-0.15, -0.1) is 0 Å². The monoisotopic (exact) mass is 263 g/mol. The van der Waals surface area contributed by atoms with E-state index in [1.54, 1.807) is 6.08 Å². The third-order valence-electron chi connectivity index (χ3n) is 1.93. The van der Waals surface area contributed by atoms with Crippen molar-refractivity contribution in [2.45, 2.75) is 0 Å². The zero-order valence-electron chi connectivity index (χ0n) is 9.58. The molecule has 0 N–H and O–H groups in total. The predicted molar refractivity (Wildman–Crippen MR) is 69.5 cm³/mol. The summed E-state index contributed by atoms with van der Waals surface area (Å²) in [5.41, 5.74) is 9.00. The van der Waals surface area contributed by atoms with Crippen molar-refractivity contribution in [1.82, 2.24) is 0 Å². The molecule has 0 radical (unpaired) electrons. The predicted octanol–water partition coefficient (Wildman–Crippen LogP) is 3.63. The molecule has 6 heteroatoms. The number of ether oxygens (including phenoxy) is 1. The summed E-state index contributed by atoms with van der Waals surface area (Å²) >= 11 is 5.94. The molecule has 1 aromatic rings. The van der Waals surface area contributed by atoms with E-state index in [2.05, 4.69) is 14.8 Å². The number of esters is 1. The number of azide groups is 1. The van der Waals surface area contributed by atoms with E-state index < -0.39 is 5.97 Å². The van der Waals surface area contributed by atoms with Gasteiger partial charge in [-0.1, -0.05) is 47.0 Å². The molecule has 0 spiro atoms. The Kier molecular flexibility index (Phi) is 5.51. The van der Waals surface area contributed by atoms with Crippen molar-refractivity contribution < 1.29 is 9.53 Å². The maximum atomic E-state index is 11.2. The molecule has 92 valence electrons. The molecule has 18 heavy (non-hydrogen) atoms. The van der Waals surface area contributed by atoms with Crippen molar-refractivity contribution in [3.63, 3.8) is 0 Å². The molecule has 0 saturated heterocycles. The molecule has 0 bridgehead atoms. The molecule has 1 aromatic carbocycles. The Morgan fingerprint density at radius 2 is 2.11 bits per heavy atom. The largest absolute Gasteiger partial charge is 0.466 e. The van der Waals surface area contributed by atoms with Gasteiger partial charge in [-0.25, -0.2) is 4.79 Å². The molecule has 0 amide bonds. The fourth-order valence-electron chi connectivity index (χ4n) is 1.16. The first-order chi connectivity index (χ1) is 8.67. The summed E-state index contributed by atoms with van der Waals surface area (Å²) in [4.78, 5) is 13.8. The summed E-state index contributed by atoms with van der Waals surface area (Å²) in [6, 6.07) is 9.28. The number of halogens is 1. The Bertz CT molecular complexity index is 532. The lowest BCUT2D eigenvalue weighted by Crippen LogP contribution is -2.02. The zero-order valence-corrected chi connectivity index (χ0v) is 10.3. The number of benzene rings is 1. The quantitative estimate of drug-likeness (QED) is 0.208. The van der Waals surface area contributed by atoms with E-state index in [4.69, 9.17) is 17.1 Å². The lowest BCUT2D eigenvalue weighted by atomic mass is 10.2. The van der Waals surface area contributed by atoms with Gasteiger partial charge in [0.15, 0.2) is 0 Å². The molecular weight excluding hydrogens is 254 g/mol. The molecule has 0 aliphatic carbocycles. The number of methoxy groups -OCH3 is 1. The second-order valence-electron chi connectivity index (χ2n) is 3.15. The molecule has 0 heterocycles. The topological polar surface area (TPSA) is 75.1 Å². The van der Waals surface area contributed by atoms with E-state index in [9.17, 15) is 4.79 Å². The van der Waals surface area contributed by atoms with Crippen LogP contribution in [0.1, 0.15) is 5.56 Å². The number of carbonyl (C=O) groups is 1. The number of hydrogen-bond donors (Lipinski definition) is 0. The maximum absolute atomic E-state index is 11.2. The van der Waals surface area contributed by atoms with Gasteiger partial charge in [0.25, 0.3) is 0 Å². The highest BCUT2D eigenvalue weighted by Crippen LogP contribution is 2.14. The van der Waals surface area contributed by atoms with Crippen LogP contribution < -0.4 is 0 Å². The molecule has 0 aliphatic rings. The van der Waals surface area contributed by atoms with Crippen LogP contribution in [0.5, 0.6) is 0 Å². The molecule has 0 aromatic heterocycles. The summed E-state index contributed by atoms with van der Waals surface area (Å²) < 4.78 is 4.46. The maximum Gasteiger partial charge on any atom is 0.340 e. The van der Waals surface area contributed by atoms with Crippen molar-refractivity contribution in [1.29, 1.82) is 0 Å². The van der Waals surface area contributed by atoms with Crippen molar-refractivity contribution in [2.24, 2.45) is 5.11 Å². The average molecular weight is 264 g/mol. The van der Waals surface area contributed by atoms with Gasteiger partial charge in [0.1, 0.15) is 5.70 Å². The van der Waals surface area contributed by atoms with E-state index in [-0.39, 0.29) is 10.7 Å². The Labute approximate surface area is 109 Å². The molecule has 0 aliphatic heterocycles. The SMILES string of the molecule is COC(=O)/C(=C/C(Cl)=C/c1ccccc1)N=[N+]=[N-]. The fraction of sp³-hybridized carbons (Fsp3) is 0.0833. The summed E-state index contributed by atoms with van der Waals surface area (Å²) in [6.07, 6.45) is 2.89. The van der Waals surface area contributed by atoms with Gasteiger partial charge in [0, 0.05) is 9.94 Å². The van der Waals surface area contributed by atoms with Crippen LogP contribution in [0.15, 0.2) is 52.3 Å². The highest BCUT2D eigenvalue weighted by atomic mass is 35.5. The van der Waals surface area contributed by atoms with Gasteiger partial charge < -0.3 is 4.74 Å². The minimum Gasteiger partial charge on any atom is -0.466 e. The first-order valence-corrected chi connectivity index (χ1v) is 5.32. The Hall–Kier alpha value is -2.23. The molecule has 5 nitrogen and oxygen atoms in total. The van der Waals surface area contributed by atoms with Crippen LogP contribution in [0.2, 0.25) is 0 Å². The van der Waals surface area contributed by atoms with E-state index in [0.29, 0.717) is 0 Å². The van der Waals surface area contributed by atoms with Crippen LogP contribution in [0.4, 0.5) is 0 Å². The van der Waals surface area contributed by atoms with Crippen LogP contribution in [0.25, 0.3) is 16.5 Å². The highest BCUT2D eigenvalue weighted by molar-refractivity contribution is 6.33. The summed E-state index contributed by atoms with van der Waals surface area (Å²) in [5.74, 6) is -0.743. The minimum atomic E-state index is -0.743. The Morgan fingerprint density at radius 1 is 1.44 bits per heavy atom. The summed E-state index contributed by atoms with van der Waals surface area (Å²) in [7, 11) is 1.19. The Morgan fingerprint density at radius 3 is 2.67 bits per heavy atom. The molecule has 0 fully saturated rings. The number of hydrogen-bond acceptors (Lipinski definition) is 3. The zero-order chi connectivity index (χ0) is 13.4. The number of allylic oxidation sites excluding steroid dienone is 2. The van der Waals surface area contributed by atoms with E-state index in [0.717, 1.165) is 5.56 Å². The van der Waals surface area contributed by atoms with Gasteiger partial charge >= 0.3 is 5.97 Å². The van der Waals surface area contributed by atoms with Gasteiger partial charge in [-0.2, -0.15) is 0 Å². The first kappa shape index (κ1) is 13.8. The fourth-order valence-corrected chi connectivity index (χ4v) is 1.39.